The molecule has 24 heavy (non-hydrogen) atoms. The van der Waals surface area contributed by atoms with Crippen LogP contribution in [0.4, 0.5) is 5.69 Å². The third kappa shape index (κ3) is 2.97. The number of fused-ring (bicyclic) bond motifs is 2. The van der Waals surface area contributed by atoms with Gasteiger partial charge in [0, 0.05) is 18.2 Å². The molecule has 4 rings (SSSR count). The van der Waals surface area contributed by atoms with E-state index < -0.39 is 0 Å². The second-order valence-electron chi connectivity index (χ2n) is 6.69. The monoisotopic (exact) mass is 366 g/mol. The van der Waals surface area contributed by atoms with E-state index in [0.29, 0.717) is 15.7 Å². The molecule has 6 heteroatoms. The normalized spacial score (nSPS) is 31.8. The molecule has 128 valence electrons. The van der Waals surface area contributed by atoms with Gasteiger partial charge in [-0.05, 0) is 44.0 Å². The van der Waals surface area contributed by atoms with Crippen molar-refractivity contribution in [3.05, 3.63) is 39.9 Å². The number of carbonyl (C=O) groups is 1. The molecular formula is C18H20Cl2N2O2. The zero-order chi connectivity index (χ0) is 16.7. The molecular weight excluding hydrogens is 347 g/mol. The summed E-state index contributed by atoms with van der Waals surface area (Å²) in [5.41, 5.74) is 2.05. The predicted molar refractivity (Wildman–Crippen MR) is 95.5 cm³/mol. The Balaban J connectivity index is 1.55. The lowest BCUT2D eigenvalue weighted by Gasteiger charge is -2.31. The molecule has 0 spiro atoms. The van der Waals surface area contributed by atoms with Crippen molar-refractivity contribution in [2.75, 3.05) is 18.4 Å². The van der Waals surface area contributed by atoms with Gasteiger partial charge in [-0.2, -0.15) is 0 Å². The third-order valence-electron chi connectivity index (χ3n) is 5.29. The number of halogens is 2. The molecule has 0 radical (unpaired) electrons. The van der Waals surface area contributed by atoms with Crippen molar-refractivity contribution in [1.29, 1.82) is 0 Å². The lowest BCUT2D eigenvalue weighted by molar-refractivity contribution is -0.122. The maximum absolute atomic E-state index is 12.9. The van der Waals surface area contributed by atoms with Crippen LogP contribution in [-0.4, -0.2) is 31.2 Å². The SMILES string of the molecule is O=C(Nc1ccc(Cl)c(Cl)c1)[C@@H]1[C@@H](C2=CCNCC2)[C@@H]2CC[C@H]1O2. The Bertz CT molecular complexity index is 692. The molecule has 0 aromatic heterocycles. The molecule has 3 heterocycles. The van der Waals surface area contributed by atoms with E-state index in [1.54, 1.807) is 18.2 Å². The fourth-order valence-electron chi connectivity index (χ4n) is 4.22. The quantitative estimate of drug-likeness (QED) is 0.802. The summed E-state index contributed by atoms with van der Waals surface area (Å²) in [4.78, 5) is 12.9. The van der Waals surface area contributed by atoms with Gasteiger partial charge in [0.15, 0.2) is 0 Å². The molecule has 2 N–H and O–H groups in total. The van der Waals surface area contributed by atoms with E-state index in [-0.39, 0.29) is 30.0 Å². The standard InChI is InChI=1S/C18H20Cl2N2O2/c19-12-2-1-11(9-13(12)20)22-18(23)17-15-4-3-14(24-15)16(17)10-5-7-21-8-6-10/h1-2,5,9,14-17,21H,3-4,6-8H2,(H,22,23)/t14-,15+,16-,17-/m0/s1. The molecule has 1 aromatic carbocycles. The van der Waals surface area contributed by atoms with Crippen LogP contribution in [0.3, 0.4) is 0 Å². The second-order valence-corrected chi connectivity index (χ2v) is 7.51. The first-order valence-corrected chi connectivity index (χ1v) is 9.20. The fraction of sp³-hybridized carbons (Fsp3) is 0.500. The molecule has 2 fully saturated rings. The van der Waals surface area contributed by atoms with Crippen LogP contribution < -0.4 is 10.6 Å². The zero-order valence-corrected chi connectivity index (χ0v) is 14.7. The molecule has 2 saturated heterocycles. The van der Waals surface area contributed by atoms with E-state index in [4.69, 9.17) is 27.9 Å². The summed E-state index contributed by atoms with van der Waals surface area (Å²) in [6.45, 7) is 1.85. The van der Waals surface area contributed by atoms with Crippen LogP contribution in [0.15, 0.2) is 29.8 Å². The highest BCUT2D eigenvalue weighted by atomic mass is 35.5. The maximum atomic E-state index is 12.9. The summed E-state index contributed by atoms with van der Waals surface area (Å²) in [6.07, 6.45) is 5.45. The highest BCUT2D eigenvalue weighted by Gasteiger charge is 2.53. The van der Waals surface area contributed by atoms with Gasteiger partial charge in [0.25, 0.3) is 0 Å². The van der Waals surface area contributed by atoms with Crippen molar-refractivity contribution in [3.63, 3.8) is 0 Å². The minimum Gasteiger partial charge on any atom is -0.373 e. The fourth-order valence-corrected chi connectivity index (χ4v) is 4.52. The summed E-state index contributed by atoms with van der Waals surface area (Å²) in [5.74, 6) is 0.0983. The van der Waals surface area contributed by atoms with Gasteiger partial charge in [0.1, 0.15) is 0 Å². The van der Waals surface area contributed by atoms with Gasteiger partial charge in [0.05, 0.1) is 28.2 Å². The molecule has 3 aliphatic rings. The smallest absolute Gasteiger partial charge is 0.230 e. The number of hydrogen-bond acceptors (Lipinski definition) is 3. The van der Waals surface area contributed by atoms with Crippen LogP contribution in [0.2, 0.25) is 10.0 Å². The van der Waals surface area contributed by atoms with E-state index in [0.717, 1.165) is 32.4 Å². The maximum Gasteiger partial charge on any atom is 0.230 e. The molecule has 3 aliphatic heterocycles. The van der Waals surface area contributed by atoms with Crippen LogP contribution in [0.1, 0.15) is 19.3 Å². The zero-order valence-electron chi connectivity index (χ0n) is 13.2. The van der Waals surface area contributed by atoms with Crippen molar-refractivity contribution >= 4 is 34.8 Å². The number of anilines is 1. The van der Waals surface area contributed by atoms with Crippen LogP contribution in [0.25, 0.3) is 0 Å². The highest BCUT2D eigenvalue weighted by molar-refractivity contribution is 6.42. The summed E-state index contributed by atoms with van der Waals surface area (Å²) < 4.78 is 6.08. The minimum absolute atomic E-state index is 0.0185. The summed E-state index contributed by atoms with van der Waals surface area (Å²) in [7, 11) is 0. The molecule has 0 unspecified atom stereocenters. The Labute approximate surface area is 151 Å². The Hall–Kier alpha value is -1.07. The van der Waals surface area contributed by atoms with Crippen molar-refractivity contribution in [3.8, 4) is 0 Å². The van der Waals surface area contributed by atoms with Crippen molar-refractivity contribution in [2.45, 2.75) is 31.5 Å². The predicted octanol–water partition coefficient (Wildman–Crippen LogP) is 3.65. The minimum atomic E-state index is -0.123. The van der Waals surface area contributed by atoms with Gasteiger partial charge in [0.2, 0.25) is 5.91 Å². The molecule has 4 nitrogen and oxygen atoms in total. The summed E-state index contributed by atoms with van der Waals surface area (Å²) in [6, 6.07) is 5.16. The Morgan fingerprint density at radius 3 is 2.79 bits per heavy atom. The first-order valence-electron chi connectivity index (χ1n) is 8.44. The molecule has 4 atom stereocenters. The number of carbonyl (C=O) groups excluding carboxylic acids is 1. The number of ether oxygens (including phenoxy) is 1. The number of benzene rings is 1. The van der Waals surface area contributed by atoms with Gasteiger partial charge in [-0.25, -0.2) is 0 Å². The van der Waals surface area contributed by atoms with Gasteiger partial charge in [-0.3, -0.25) is 4.79 Å². The van der Waals surface area contributed by atoms with Gasteiger partial charge < -0.3 is 15.4 Å². The van der Waals surface area contributed by atoms with E-state index in [2.05, 4.69) is 16.7 Å². The van der Waals surface area contributed by atoms with E-state index >= 15 is 0 Å². The second kappa shape index (κ2) is 6.68. The number of nitrogens with one attached hydrogen (secondary N) is 2. The van der Waals surface area contributed by atoms with E-state index in [9.17, 15) is 4.79 Å². The van der Waals surface area contributed by atoms with E-state index in [1.165, 1.54) is 5.57 Å². The van der Waals surface area contributed by atoms with Gasteiger partial charge in [-0.15, -0.1) is 0 Å². The van der Waals surface area contributed by atoms with Crippen molar-refractivity contribution < 1.29 is 9.53 Å². The molecule has 2 bridgehead atoms. The number of rotatable bonds is 3. The summed E-state index contributed by atoms with van der Waals surface area (Å²) in [5, 5.41) is 7.26. The van der Waals surface area contributed by atoms with Crippen LogP contribution >= 0.6 is 23.2 Å². The summed E-state index contributed by atoms with van der Waals surface area (Å²) >= 11 is 12.0. The highest BCUT2D eigenvalue weighted by Crippen LogP contribution is 2.48. The topological polar surface area (TPSA) is 50.4 Å². The van der Waals surface area contributed by atoms with Gasteiger partial charge in [-0.1, -0.05) is 34.9 Å². The molecule has 0 saturated carbocycles. The Morgan fingerprint density at radius 1 is 1.21 bits per heavy atom. The largest absolute Gasteiger partial charge is 0.373 e. The number of hydrogen-bond donors (Lipinski definition) is 2. The average molecular weight is 367 g/mol. The Morgan fingerprint density at radius 2 is 2.04 bits per heavy atom. The Kier molecular flexibility index (Phi) is 4.56. The van der Waals surface area contributed by atoms with Crippen molar-refractivity contribution in [2.24, 2.45) is 11.8 Å². The average Bonchev–Trinajstić information content (AvgIpc) is 3.20. The van der Waals surface area contributed by atoms with E-state index in [1.807, 2.05) is 0 Å². The lowest BCUT2D eigenvalue weighted by Crippen LogP contribution is -2.39. The molecule has 1 aromatic rings. The van der Waals surface area contributed by atoms with Crippen LogP contribution in [0, 0.1) is 11.8 Å². The third-order valence-corrected chi connectivity index (χ3v) is 6.03. The lowest BCUT2D eigenvalue weighted by atomic mass is 9.73. The van der Waals surface area contributed by atoms with Crippen molar-refractivity contribution in [1.82, 2.24) is 5.32 Å². The van der Waals surface area contributed by atoms with Crippen LogP contribution in [0.5, 0.6) is 0 Å². The van der Waals surface area contributed by atoms with Crippen LogP contribution in [-0.2, 0) is 9.53 Å². The van der Waals surface area contributed by atoms with Gasteiger partial charge >= 0.3 is 0 Å². The first kappa shape index (κ1) is 16.4. The molecule has 1 amide bonds. The number of amides is 1. The first-order chi connectivity index (χ1) is 11.6. The molecule has 0 aliphatic carbocycles.